The van der Waals surface area contributed by atoms with Crippen molar-refractivity contribution in [1.29, 1.82) is 0 Å². The third kappa shape index (κ3) is 1.52. The Morgan fingerprint density at radius 2 is 1.55 bits per heavy atom. The van der Waals surface area contributed by atoms with Crippen molar-refractivity contribution in [2.75, 3.05) is 0 Å². The lowest BCUT2D eigenvalue weighted by Crippen LogP contribution is -2.05. The maximum atomic E-state index is 5.10. The summed E-state index contributed by atoms with van der Waals surface area (Å²) in [5.74, 6) is 5.89. The molecule has 60 valence electrons. The monoisotopic (exact) mass is 151 g/mol. The zero-order valence-electron chi connectivity index (χ0n) is 7.14. The fourth-order valence-electron chi connectivity index (χ4n) is 1.35. The van der Waals surface area contributed by atoms with Crippen LogP contribution < -0.4 is 10.7 Å². The quantitative estimate of drug-likeness (QED) is 0.622. The van der Waals surface area contributed by atoms with E-state index in [-0.39, 0.29) is 0 Å². The van der Waals surface area contributed by atoms with Gasteiger partial charge >= 0.3 is 0 Å². The SMILES string of the molecule is Cc1cc(C)c(ON)c(C)c1. The second-order valence-electron chi connectivity index (χ2n) is 2.85. The van der Waals surface area contributed by atoms with Crippen LogP contribution in [-0.2, 0) is 0 Å². The molecule has 0 atom stereocenters. The van der Waals surface area contributed by atoms with Crippen molar-refractivity contribution < 1.29 is 4.84 Å². The molecular formula is C9H13NO. The van der Waals surface area contributed by atoms with Crippen LogP contribution >= 0.6 is 0 Å². The number of nitrogens with two attached hydrogens (primary N) is 1. The number of benzene rings is 1. The molecule has 0 bridgehead atoms. The molecule has 0 aliphatic heterocycles. The highest BCUT2D eigenvalue weighted by Gasteiger charge is 2.02. The Labute approximate surface area is 66.9 Å². The lowest BCUT2D eigenvalue weighted by atomic mass is 10.1. The van der Waals surface area contributed by atoms with Crippen molar-refractivity contribution in [3.63, 3.8) is 0 Å². The maximum Gasteiger partial charge on any atom is 0.152 e. The molecule has 0 heterocycles. The van der Waals surface area contributed by atoms with Gasteiger partial charge in [-0.1, -0.05) is 17.7 Å². The number of aryl methyl sites for hydroxylation is 3. The van der Waals surface area contributed by atoms with Crippen LogP contribution in [0.4, 0.5) is 0 Å². The van der Waals surface area contributed by atoms with Crippen LogP contribution in [0.15, 0.2) is 12.1 Å². The van der Waals surface area contributed by atoms with Crippen molar-refractivity contribution in [3.8, 4) is 5.75 Å². The van der Waals surface area contributed by atoms with Crippen molar-refractivity contribution in [3.05, 3.63) is 28.8 Å². The minimum atomic E-state index is 0.788. The molecule has 2 heteroatoms. The first-order valence-corrected chi connectivity index (χ1v) is 3.59. The fraction of sp³-hybridized carbons (Fsp3) is 0.333. The summed E-state index contributed by atoms with van der Waals surface area (Å²) >= 11 is 0. The molecule has 1 aromatic rings. The molecular weight excluding hydrogens is 138 g/mol. The first-order valence-electron chi connectivity index (χ1n) is 3.59. The largest absolute Gasteiger partial charge is 0.411 e. The molecule has 2 nitrogen and oxygen atoms in total. The van der Waals surface area contributed by atoms with Gasteiger partial charge in [0.25, 0.3) is 0 Å². The second kappa shape index (κ2) is 2.93. The lowest BCUT2D eigenvalue weighted by molar-refractivity contribution is 0.329. The molecule has 0 fully saturated rings. The Kier molecular flexibility index (Phi) is 2.15. The Bertz CT molecular complexity index is 245. The first-order chi connectivity index (χ1) is 5.15. The van der Waals surface area contributed by atoms with Gasteiger partial charge in [0.05, 0.1) is 0 Å². The van der Waals surface area contributed by atoms with Gasteiger partial charge in [-0.05, 0) is 31.9 Å². The van der Waals surface area contributed by atoms with Gasteiger partial charge in [0, 0.05) is 0 Å². The third-order valence-corrected chi connectivity index (χ3v) is 1.72. The zero-order valence-corrected chi connectivity index (χ0v) is 7.14. The van der Waals surface area contributed by atoms with Gasteiger partial charge < -0.3 is 4.84 Å². The molecule has 1 aromatic carbocycles. The highest BCUT2D eigenvalue weighted by atomic mass is 16.6. The van der Waals surface area contributed by atoms with E-state index in [2.05, 4.69) is 19.1 Å². The minimum absolute atomic E-state index is 0.788. The van der Waals surface area contributed by atoms with E-state index in [1.165, 1.54) is 5.56 Å². The Morgan fingerprint density at radius 3 is 1.91 bits per heavy atom. The van der Waals surface area contributed by atoms with Gasteiger partial charge in [-0.2, -0.15) is 5.90 Å². The molecule has 1 rings (SSSR count). The average molecular weight is 151 g/mol. The van der Waals surface area contributed by atoms with E-state index in [9.17, 15) is 0 Å². The van der Waals surface area contributed by atoms with Gasteiger partial charge in [0.1, 0.15) is 0 Å². The average Bonchev–Trinajstić information content (AvgIpc) is 1.85. The van der Waals surface area contributed by atoms with Gasteiger partial charge in [0.2, 0.25) is 0 Å². The summed E-state index contributed by atoms with van der Waals surface area (Å²) in [4.78, 5) is 4.73. The molecule has 0 saturated heterocycles. The summed E-state index contributed by atoms with van der Waals surface area (Å²) in [5, 5.41) is 0. The number of hydrogen-bond acceptors (Lipinski definition) is 2. The van der Waals surface area contributed by atoms with Gasteiger partial charge in [-0.15, -0.1) is 0 Å². The van der Waals surface area contributed by atoms with Crippen LogP contribution in [-0.4, -0.2) is 0 Å². The van der Waals surface area contributed by atoms with E-state index in [0.717, 1.165) is 16.9 Å². The maximum absolute atomic E-state index is 5.10. The first kappa shape index (κ1) is 8.08. The van der Waals surface area contributed by atoms with Gasteiger partial charge in [-0.3, -0.25) is 0 Å². The van der Waals surface area contributed by atoms with Crippen molar-refractivity contribution >= 4 is 0 Å². The van der Waals surface area contributed by atoms with Crippen LogP contribution in [0.5, 0.6) is 5.75 Å². The fourth-order valence-corrected chi connectivity index (χ4v) is 1.35. The summed E-state index contributed by atoms with van der Waals surface area (Å²) in [6.45, 7) is 6.03. The van der Waals surface area contributed by atoms with E-state index >= 15 is 0 Å². The van der Waals surface area contributed by atoms with E-state index in [4.69, 9.17) is 10.7 Å². The molecule has 0 unspecified atom stereocenters. The lowest BCUT2D eigenvalue weighted by Gasteiger charge is -2.07. The predicted octanol–water partition coefficient (Wildman–Crippen LogP) is 1.86. The normalized spacial score (nSPS) is 9.82. The minimum Gasteiger partial charge on any atom is -0.411 e. The molecule has 0 amide bonds. The molecule has 0 radical (unpaired) electrons. The highest BCUT2D eigenvalue weighted by Crippen LogP contribution is 2.22. The van der Waals surface area contributed by atoms with Crippen LogP contribution in [0.2, 0.25) is 0 Å². The predicted molar refractivity (Wildman–Crippen MR) is 45.5 cm³/mol. The van der Waals surface area contributed by atoms with Gasteiger partial charge in [-0.25, -0.2) is 0 Å². The Morgan fingerprint density at radius 1 is 1.09 bits per heavy atom. The Hall–Kier alpha value is -1.02. The van der Waals surface area contributed by atoms with Crippen LogP contribution in [0.25, 0.3) is 0 Å². The highest BCUT2D eigenvalue weighted by molar-refractivity contribution is 5.42. The third-order valence-electron chi connectivity index (χ3n) is 1.72. The van der Waals surface area contributed by atoms with Crippen LogP contribution in [0.3, 0.4) is 0 Å². The summed E-state index contributed by atoms with van der Waals surface area (Å²) in [5.41, 5.74) is 3.41. The standard InChI is InChI=1S/C9H13NO/c1-6-4-7(2)9(11-10)8(3)5-6/h4-5H,10H2,1-3H3. The summed E-state index contributed by atoms with van der Waals surface area (Å²) < 4.78 is 0. The molecule has 0 saturated carbocycles. The molecule has 0 aliphatic rings. The van der Waals surface area contributed by atoms with Crippen LogP contribution in [0.1, 0.15) is 16.7 Å². The molecule has 11 heavy (non-hydrogen) atoms. The second-order valence-corrected chi connectivity index (χ2v) is 2.85. The van der Waals surface area contributed by atoms with E-state index in [1.807, 2.05) is 13.8 Å². The topological polar surface area (TPSA) is 35.2 Å². The van der Waals surface area contributed by atoms with E-state index < -0.39 is 0 Å². The van der Waals surface area contributed by atoms with Crippen LogP contribution in [0, 0.1) is 20.8 Å². The van der Waals surface area contributed by atoms with Crippen molar-refractivity contribution in [2.45, 2.75) is 20.8 Å². The van der Waals surface area contributed by atoms with E-state index in [0.29, 0.717) is 0 Å². The molecule has 0 aromatic heterocycles. The Balaban J connectivity index is 3.25. The number of hydrogen-bond donors (Lipinski definition) is 1. The molecule has 0 aliphatic carbocycles. The van der Waals surface area contributed by atoms with Crippen molar-refractivity contribution in [1.82, 2.24) is 0 Å². The number of rotatable bonds is 1. The summed E-state index contributed by atoms with van der Waals surface area (Å²) in [7, 11) is 0. The summed E-state index contributed by atoms with van der Waals surface area (Å²) in [6, 6.07) is 4.10. The summed E-state index contributed by atoms with van der Waals surface area (Å²) in [6.07, 6.45) is 0. The molecule has 2 N–H and O–H groups in total. The van der Waals surface area contributed by atoms with Gasteiger partial charge in [0.15, 0.2) is 5.75 Å². The molecule has 0 spiro atoms. The van der Waals surface area contributed by atoms with Crippen molar-refractivity contribution in [2.24, 2.45) is 5.90 Å². The zero-order chi connectivity index (χ0) is 8.43. The smallest absolute Gasteiger partial charge is 0.152 e. The van der Waals surface area contributed by atoms with E-state index in [1.54, 1.807) is 0 Å².